The van der Waals surface area contributed by atoms with Gasteiger partial charge in [0.2, 0.25) is 0 Å². The fourth-order valence-electron chi connectivity index (χ4n) is 1.14. The van der Waals surface area contributed by atoms with Crippen LogP contribution in [0.1, 0.15) is 41.0 Å². The molecule has 0 atom stereocenters. The van der Waals surface area contributed by atoms with E-state index in [9.17, 15) is 0 Å². The summed E-state index contributed by atoms with van der Waals surface area (Å²) >= 11 is 0. The van der Waals surface area contributed by atoms with E-state index in [4.69, 9.17) is 0 Å². The molecular formula is C14H25N. The molecule has 0 rings (SSSR count). The molecule has 86 valence electrons. The third-order valence-corrected chi connectivity index (χ3v) is 2.34. The van der Waals surface area contributed by atoms with Crippen molar-refractivity contribution in [2.75, 3.05) is 6.54 Å². The van der Waals surface area contributed by atoms with Crippen molar-refractivity contribution in [1.82, 2.24) is 5.32 Å². The van der Waals surface area contributed by atoms with Crippen LogP contribution in [-0.2, 0) is 0 Å². The fourth-order valence-corrected chi connectivity index (χ4v) is 1.14. The van der Waals surface area contributed by atoms with E-state index >= 15 is 0 Å². The second kappa shape index (κ2) is 7.33. The van der Waals surface area contributed by atoms with E-state index in [1.165, 1.54) is 11.1 Å². The molecule has 1 nitrogen and oxygen atoms in total. The average Bonchev–Trinajstić information content (AvgIpc) is 2.21. The smallest absolute Gasteiger partial charge is 0.0337 e. The third-order valence-electron chi connectivity index (χ3n) is 2.34. The summed E-state index contributed by atoms with van der Waals surface area (Å²) in [6.07, 6.45) is 5.40. The van der Waals surface area contributed by atoms with Crippen molar-refractivity contribution in [3.63, 3.8) is 0 Å². The summed E-state index contributed by atoms with van der Waals surface area (Å²) in [6.45, 7) is 15.8. The first-order chi connectivity index (χ1) is 7.01. The third kappa shape index (κ3) is 6.16. The Morgan fingerprint density at radius 3 is 2.40 bits per heavy atom. The Morgan fingerprint density at radius 2 is 2.00 bits per heavy atom. The summed E-state index contributed by atoms with van der Waals surface area (Å²) in [7, 11) is 0. The molecule has 0 saturated heterocycles. The van der Waals surface area contributed by atoms with Gasteiger partial charge in [-0.05, 0) is 31.8 Å². The topological polar surface area (TPSA) is 12.0 Å². The van der Waals surface area contributed by atoms with Gasteiger partial charge in [-0.1, -0.05) is 45.1 Å². The van der Waals surface area contributed by atoms with Gasteiger partial charge in [-0.2, -0.15) is 0 Å². The molecule has 0 radical (unpaired) electrons. The minimum Gasteiger partial charge on any atom is -0.385 e. The monoisotopic (exact) mass is 207 g/mol. The number of nitrogens with one attached hydrogen (secondary N) is 1. The second-order valence-corrected chi connectivity index (χ2v) is 4.34. The Kier molecular flexibility index (Phi) is 6.85. The van der Waals surface area contributed by atoms with Crippen molar-refractivity contribution < 1.29 is 0 Å². The highest BCUT2D eigenvalue weighted by molar-refractivity contribution is 5.38. The molecule has 0 spiro atoms. The summed E-state index contributed by atoms with van der Waals surface area (Å²) in [5, 5.41) is 3.36. The van der Waals surface area contributed by atoms with Crippen LogP contribution in [0.2, 0.25) is 0 Å². The maximum Gasteiger partial charge on any atom is 0.0337 e. The molecule has 0 saturated carbocycles. The van der Waals surface area contributed by atoms with Crippen LogP contribution in [0.4, 0.5) is 0 Å². The van der Waals surface area contributed by atoms with Crippen molar-refractivity contribution in [3.8, 4) is 0 Å². The number of hydrogen-bond donors (Lipinski definition) is 1. The summed E-state index contributed by atoms with van der Waals surface area (Å²) in [6, 6.07) is 0. The number of hydrogen-bond acceptors (Lipinski definition) is 1. The van der Waals surface area contributed by atoms with Gasteiger partial charge in [-0.25, -0.2) is 0 Å². The van der Waals surface area contributed by atoms with E-state index in [1.54, 1.807) is 0 Å². The van der Waals surface area contributed by atoms with Gasteiger partial charge in [0.15, 0.2) is 0 Å². The van der Waals surface area contributed by atoms with Gasteiger partial charge in [-0.3, -0.25) is 0 Å². The lowest BCUT2D eigenvalue weighted by Crippen LogP contribution is -2.19. The van der Waals surface area contributed by atoms with Gasteiger partial charge in [0.05, 0.1) is 0 Å². The lowest BCUT2D eigenvalue weighted by molar-refractivity contribution is 0.600. The van der Waals surface area contributed by atoms with Gasteiger partial charge in [0.1, 0.15) is 0 Å². The summed E-state index contributed by atoms with van der Waals surface area (Å²) in [5.41, 5.74) is 3.62. The van der Waals surface area contributed by atoms with Crippen LogP contribution < -0.4 is 5.32 Å². The molecule has 0 heterocycles. The average molecular weight is 207 g/mol. The lowest BCUT2D eigenvalue weighted by Gasteiger charge is -2.13. The van der Waals surface area contributed by atoms with E-state index in [0.717, 1.165) is 18.7 Å². The summed E-state index contributed by atoms with van der Waals surface area (Å²) < 4.78 is 0. The summed E-state index contributed by atoms with van der Waals surface area (Å²) in [4.78, 5) is 0. The predicted molar refractivity (Wildman–Crippen MR) is 69.8 cm³/mol. The molecule has 0 aliphatic heterocycles. The Labute approximate surface area is 95.0 Å². The maximum absolute atomic E-state index is 4.06. The molecule has 0 aliphatic carbocycles. The van der Waals surface area contributed by atoms with Crippen LogP contribution in [0.15, 0.2) is 35.6 Å². The molecule has 0 amide bonds. The van der Waals surface area contributed by atoms with Crippen LogP contribution in [0.3, 0.4) is 0 Å². The Bertz CT molecular complexity index is 257. The quantitative estimate of drug-likeness (QED) is 0.648. The first-order valence-corrected chi connectivity index (χ1v) is 5.77. The van der Waals surface area contributed by atoms with Crippen molar-refractivity contribution in [3.05, 3.63) is 35.6 Å². The molecule has 0 bridgehead atoms. The number of rotatable bonds is 6. The Morgan fingerprint density at radius 1 is 1.40 bits per heavy atom. The van der Waals surface area contributed by atoms with Crippen molar-refractivity contribution in [1.29, 1.82) is 0 Å². The highest BCUT2D eigenvalue weighted by Gasteiger charge is 2.00. The van der Waals surface area contributed by atoms with Gasteiger partial charge >= 0.3 is 0 Å². The van der Waals surface area contributed by atoms with Crippen LogP contribution in [-0.4, -0.2) is 6.54 Å². The SMILES string of the molecule is C=C(NCC(C)C)C(/C=C(\C)CC)=C/C. The zero-order valence-corrected chi connectivity index (χ0v) is 10.9. The first-order valence-electron chi connectivity index (χ1n) is 5.77. The van der Waals surface area contributed by atoms with Gasteiger partial charge in [0.25, 0.3) is 0 Å². The molecule has 1 N–H and O–H groups in total. The van der Waals surface area contributed by atoms with Crippen LogP contribution in [0.25, 0.3) is 0 Å². The molecule has 0 aliphatic rings. The Balaban J connectivity index is 4.38. The lowest BCUT2D eigenvalue weighted by atomic mass is 10.1. The Hall–Kier alpha value is -0.980. The van der Waals surface area contributed by atoms with Crippen LogP contribution in [0, 0.1) is 5.92 Å². The highest BCUT2D eigenvalue weighted by atomic mass is 14.9. The largest absolute Gasteiger partial charge is 0.385 e. The zero-order valence-electron chi connectivity index (χ0n) is 10.9. The standard InChI is InChI=1S/C14H25N/c1-7-12(5)9-14(8-2)13(6)15-10-11(3)4/h8-9,11,15H,6-7,10H2,1-5H3/b12-9+,14-8+. The van der Waals surface area contributed by atoms with E-state index in [-0.39, 0.29) is 0 Å². The van der Waals surface area contributed by atoms with E-state index in [0.29, 0.717) is 5.92 Å². The minimum absolute atomic E-state index is 0.649. The maximum atomic E-state index is 4.06. The van der Waals surface area contributed by atoms with Crippen LogP contribution >= 0.6 is 0 Å². The van der Waals surface area contributed by atoms with Gasteiger partial charge in [-0.15, -0.1) is 0 Å². The van der Waals surface area contributed by atoms with Crippen molar-refractivity contribution in [2.45, 2.75) is 41.0 Å². The molecule has 0 aromatic carbocycles. The van der Waals surface area contributed by atoms with Gasteiger partial charge in [0, 0.05) is 12.2 Å². The van der Waals surface area contributed by atoms with Crippen molar-refractivity contribution >= 4 is 0 Å². The molecule has 15 heavy (non-hydrogen) atoms. The first kappa shape index (κ1) is 14.0. The number of allylic oxidation sites excluding steroid dienone is 3. The normalized spacial score (nSPS) is 13.2. The molecule has 0 aromatic heterocycles. The molecule has 1 heteroatoms. The van der Waals surface area contributed by atoms with E-state index in [2.05, 4.69) is 58.7 Å². The van der Waals surface area contributed by atoms with E-state index < -0.39 is 0 Å². The minimum atomic E-state index is 0.649. The fraction of sp³-hybridized carbons (Fsp3) is 0.571. The van der Waals surface area contributed by atoms with Gasteiger partial charge < -0.3 is 5.32 Å². The molecule has 0 unspecified atom stereocenters. The van der Waals surface area contributed by atoms with E-state index in [1.807, 2.05) is 0 Å². The highest BCUT2D eigenvalue weighted by Crippen LogP contribution is 2.11. The molecule has 0 fully saturated rings. The van der Waals surface area contributed by atoms with Crippen molar-refractivity contribution in [2.24, 2.45) is 5.92 Å². The summed E-state index contributed by atoms with van der Waals surface area (Å²) in [5.74, 6) is 0.649. The second-order valence-electron chi connectivity index (χ2n) is 4.34. The molecular weight excluding hydrogens is 182 g/mol. The van der Waals surface area contributed by atoms with Crippen LogP contribution in [0.5, 0.6) is 0 Å². The zero-order chi connectivity index (χ0) is 11.8. The predicted octanol–water partition coefficient (Wildman–Crippen LogP) is 4.05. The molecule has 0 aromatic rings.